The zero-order valence-electron chi connectivity index (χ0n) is 21.6. The maximum atomic E-state index is 13.4. The van der Waals surface area contributed by atoms with Crippen molar-refractivity contribution in [3.05, 3.63) is 57.9 Å². The Bertz CT molecular complexity index is 1610. The Morgan fingerprint density at radius 1 is 1.00 bits per heavy atom. The first-order chi connectivity index (χ1) is 18.4. The molecule has 2 aromatic heterocycles. The number of carbonyl (C=O) groups is 1. The van der Waals surface area contributed by atoms with Crippen LogP contribution in [0.4, 0.5) is 5.69 Å². The van der Waals surface area contributed by atoms with Gasteiger partial charge in [-0.3, -0.25) is 14.5 Å². The predicted molar refractivity (Wildman–Crippen MR) is 146 cm³/mol. The fraction of sp³-hybridized carbons (Fsp3) is 0.407. The van der Waals surface area contributed by atoms with Gasteiger partial charge >= 0.3 is 0 Å². The molecule has 11 heteroatoms. The standard InChI is InChI=1S/C27H31N7O3S/c1-18-5-8-23(19(2)15-18)38(37)27-25-28-26(36)21-7-6-20(16-22(21)34(25)30-29-27)32-13-11-31(12-14-32)17-24(35)33-9-3-4-10-33/h5-8,15-16,30H,3-4,9-14,17H2,1-2H3. The van der Waals surface area contributed by atoms with E-state index in [2.05, 4.69) is 25.1 Å². The minimum Gasteiger partial charge on any atom is -0.369 e. The maximum Gasteiger partial charge on any atom is 0.281 e. The number of anilines is 1. The molecule has 2 aromatic carbocycles. The zero-order valence-corrected chi connectivity index (χ0v) is 22.5. The maximum absolute atomic E-state index is 13.4. The van der Waals surface area contributed by atoms with E-state index in [9.17, 15) is 13.8 Å². The molecular weight excluding hydrogens is 502 g/mol. The van der Waals surface area contributed by atoms with Gasteiger partial charge in [0.1, 0.15) is 10.8 Å². The van der Waals surface area contributed by atoms with E-state index >= 15 is 0 Å². The highest BCUT2D eigenvalue weighted by Gasteiger charge is 2.25. The number of hydrogen-bond acceptors (Lipinski definition) is 7. The molecule has 1 amide bonds. The Morgan fingerprint density at radius 3 is 2.50 bits per heavy atom. The first kappa shape index (κ1) is 24.7. The van der Waals surface area contributed by atoms with Gasteiger partial charge < -0.3 is 9.80 Å². The smallest absolute Gasteiger partial charge is 0.281 e. The molecule has 0 bridgehead atoms. The van der Waals surface area contributed by atoms with Crippen LogP contribution in [0, 0.1) is 13.8 Å². The van der Waals surface area contributed by atoms with Crippen molar-refractivity contribution in [2.45, 2.75) is 36.6 Å². The van der Waals surface area contributed by atoms with Crippen molar-refractivity contribution in [3.63, 3.8) is 0 Å². The van der Waals surface area contributed by atoms with E-state index in [-0.39, 0.29) is 22.1 Å². The molecule has 38 heavy (non-hydrogen) atoms. The van der Waals surface area contributed by atoms with E-state index in [1.54, 1.807) is 10.6 Å². The summed E-state index contributed by atoms with van der Waals surface area (Å²) in [4.78, 5) is 36.8. The van der Waals surface area contributed by atoms with Gasteiger partial charge in [0.05, 0.1) is 17.4 Å². The molecular formula is C27H31N7O3S. The molecule has 198 valence electrons. The minimum absolute atomic E-state index is 0.226. The molecule has 4 heterocycles. The number of rotatable bonds is 5. The van der Waals surface area contributed by atoms with Crippen LogP contribution in [0.2, 0.25) is 0 Å². The fourth-order valence-corrected chi connectivity index (χ4v) is 6.63. The Balaban J connectivity index is 1.26. The van der Waals surface area contributed by atoms with Crippen LogP contribution in [-0.4, -0.2) is 85.5 Å². The van der Waals surface area contributed by atoms with E-state index in [1.807, 2.05) is 49.1 Å². The number of amides is 1. The van der Waals surface area contributed by atoms with Gasteiger partial charge in [0, 0.05) is 49.9 Å². The molecule has 1 N–H and O–H groups in total. The van der Waals surface area contributed by atoms with Gasteiger partial charge in [0.25, 0.3) is 5.56 Å². The van der Waals surface area contributed by atoms with Gasteiger partial charge in [-0.05, 0) is 56.5 Å². The lowest BCUT2D eigenvalue weighted by Crippen LogP contribution is -2.49. The molecule has 0 radical (unpaired) electrons. The quantitative estimate of drug-likeness (QED) is 0.419. The number of carbonyl (C=O) groups excluding carboxylic acids is 1. The number of benzene rings is 2. The summed E-state index contributed by atoms with van der Waals surface area (Å²) < 4.78 is 15.1. The highest BCUT2D eigenvalue weighted by Crippen LogP contribution is 2.25. The lowest BCUT2D eigenvalue weighted by atomic mass is 10.2. The average Bonchev–Trinajstić information content (AvgIpc) is 3.60. The number of aryl methyl sites for hydroxylation is 2. The largest absolute Gasteiger partial charge is 0.369 e. The van der Waals surface area contributed by atoms with Crippen LogP contribution in [0.5, 0.6) is 0 Å². The van der Waals surface area contributed by atoms with Crippen LogP contribution in [0.3, 0.4) is 0 Å². The fourth-order valence-electron chi connectivity index (χ4n) is 5.45. The summed E-state index contributed by atoms with van der Waals surface area (Å²) in [5, 5.41) is 7.95. The molecule has 10 nitrogen and oxygen atoms in total. The highest BCUT2D eigenvalue weighted by molar-refractivity contribution is 7.85. The molecule has 4 aromatic rings. The van der Waals surface area contributed by atoms with Crippen LogP contribution in [0.25, 0.3) is 16.6 Å². The third kappa shape index (κ3) is 4.49. The lowest BCUT2D eigenvalue weighted by Gasteiger charge is -2.36. The molecule has 2 saturated heterocycles. The summed E-state index contributed by atoms with van der Waals surface area (Å²) in [5.74, 6) is 0.226. The molecule has 2 aliphatic heterocycles. The van der Waals surface area contributed by atoms with E-state index < -0.39 is 10.8 Å². The molecule has 0 aliphatic carbocycles. The third-order valence-electron chi connectivity index (χ3n) is 7.58. The number of nitrogens with one attached hydrogen (secondary N) is 1. The molecule has 6 rings (SSSR count). The molecule has 0 saturated carbocycles. The monoisotopic (exact) mass is 533 g/mol. The Morgan fingerprint density at radius 2 is 1.76 bits per heavy atom. The highest BCUT2D eigenvalue weighted by atomic mass is 32.2. The summed E-state index contributed by atoms with van der Waals surface area (Å²) in [6.07, 6.45) is 2.21. The van der Waals surface area contributed by atoms with E-state index in [0.29, 0.717) is 22.3 Å². The summed E-state index contributed by atoms with van der Waals surface area (Å²) in [7, 11) is -1.59. The summed E-state index contributed by atoms with van der Waals surface area (Å²) in [6, 6.07) is 11.4. The Kier molecular flexibility index (Phi) is 6.48. The van der Waals surface area contributed by atoms with Crippen LogP contribution in [0.15, 0.2) is 51.1 Å². The number of fused-ring (bicyclic) bond motifs is 3. The van der Waals surface area contributed by atoms with Crippen molar-refractivity contribution in [2.75, 3.05) is 50.7 Å². The Hall–Kier alpha value is -3.57. The number of likely N-dealkylation sites (tertiary alicyclic amines) is 1. The number of aromatic nitrogens is 4. The SMILES string of the molecule is Cc1ccc(S(=O)c2n[nH]n3c2nc(=O)c2ccc(N4CCN(CC(=O)N5CCCC5)CC4)cc23)c(C)c1. The summed E-state index contributed by atoms with van der Waals surface area (Å²) in [6.45, 7) is 9.30. The molecule has 0 spiro atoms. The topological polar surface area (TPSA) is 107 Å². The van der Waals surface area contributed by atoms with Crippen molar-refractivity contribution >= 4 is 38.9 Å². The zero-order chi connectivity index (χ0) is 26.4. The number of aromatic amines is 1. The van der Waals surface area contributed by atoms with Gasteiger partial charge in [-0.1, -0.05) is 17.7 Å². The van der Waals surface area contributed by atoms with Gasteiger partial charge in [0.15, 0.2) is 10.7 Å². The normalized spacial score (nSPS) is 17.5. The van der Waals surface area contributed by atoms with Crippen LogP contribution in [0.1, 0.15) is 24.0 Å². The van der Waals surface area contributed by atoms with Crippen molar-refractivity contribution in [2.24, 2.45) is 0 Å². The van der Waals surface area contributed by atoms with Gasteiger partial charge in [-0.2, -0.15) is 4.98 Å². The molecule has 2 fully saturated rings. The number of nitrogens with zero attached hydrogens (tertiary/aromatic N) is 6. The van der Waals surface area contributed by atoms with Gasteiger partial charge in [0.2, 0.25) is 5.91 Å². The lowest BCUT2D eigenvalue weighted by molar-refractivity contribution is -0.131. The number of H-pyrrole nitrogens is 1. The van der Waals surface area contributed by atoms with E-state index in [0.717, 1.165) is 68.9 Å². The first-order valence-electron chi connectivity index (χ1n) is 13.0. The summed E-state index contributed by atoms with van der Waals surface area (Å²) >= 11 is 0. The predicted octanol–water partition coefficient (Wildman–Crippen LogP) is 2.10. The van der Waals surface area contributed by atoms with Crippen molar-refractivity contribution < 1.29 is 9.00 Å². The second kappa shape index (κ2) is 9.95. The van der Waals surface area contributed by atoms with Gasteiger partial charge in [-0.15, -0.1) is 5.10 Å². The van der Waals surface area contributed by atoms with Crippen molar-refractivity contribution in [3.8, 4) is 0 Å². The minimum atomic E-state index is -1.59. The van der Waals surface area contributed by atoms with Crippen molar-refractivity contribution in [1.29, 1.82) is 0 Å². The van der Waals surface area contributed by atoms with Crippen LogP contribution >= 0.6 is 0 Å². The van der Waals surface area contributed by atoms with E-state index in [4.69, 9.17) is 0 Å². The van der Waals surface area contributed by atoms with Crippen LogP contribution < -0.4 is 10.5 Å². The second-order valence-electron chi connectivity index (χ2n) is 10.2. The molecule has 1 unspecified atom stereocenters. The van der Waals surface area contributed by atoms with Crippen LogP contribution in [-0.2, 0) is 15.6 Å². The molecule has 1 atom stereocenters. The summed E-state index contributed by atoms with van der Waals surface area (Å²) in [5.41, 5.74) is 3.49. The molecule has 2 aliphatic rings. The first-order valence-corrected chi connectivity index (χ1v) is 14.2. The third-order valence-corrected chi connectivity index (χ3v) is 9.06. The van der Waals surface area contributed by atoms with Crippen molar-refractivity contribution in [1.82, 2.24) is 29.6 Å². The van der Waals surface area contributed by atoms with E-state index in [1.165, 1.54) is 0 Å². The number of hydrogen-bond donors (Lipinski definition) is 1. The van der Waals surface area contributed by atoms with Gasteiger partial charge in [-0.25, -0.2) is 13.9 Å². The average molecular weight is 534 g/mol. The Labute approximate surface area is 222 Å². The number of piperazine rings is 1. The second-order valence-corrected chi connectivity index (χ2v) is 11.5.